The lowest BCUT2D eigenvalue weighted by atomic mass is 10.0. The van der Waals surface area contributed by atoms with Gasteiger partial charge in [0.05, 0.1) is 12.5 Å². The van der Waals surface area contributed by atoms with Crippen molar-refractivity contribution in [1.82, 2.24) is 24.4 Å². The summed E-state index contributed by atoms with van der Waals surface area (Å²) < 4.78 is 7.68. The van der Waals surface area contributed by atoms with Gasteiger partial charge in [-0.05, 0) is 54.5 Å². The number of benzene rings is 2. The van der Waals surface area contributed by atoms with E-state index in [1.54, 1.807) is 18.8 Å². The van der Waals surface area contributed by atoms with Gasteiger partial charge in [0.25, 0.3) is 0 Å². The minimum absolute atomic E-state index is 0.277. The maximum atomic E-state index is 12.5. The predicted octanol–water partition coefficient (Wildman–Crippen LogP) is 5.17. The molecule has 0 spiro atoms. The highest BCUT2D eigenvalue weighted by Gasteiger charge is 2.36. The first kappa shape index (κ1) is 20.4. The van der Waals surface area contributed by atoms with E-state index in [1.165, 1.54) is 0 Å². The van der Waals surface area contributed by atoms with E-state index in [9.17, 15) is 4.79 Å². The molecule has 1 amide bonds. The molecule has 3 aromatic heterocycles. The van der Waals surface area contributed by atoms with E-state index in [0.29, 0.717) is 11.8 Å². The lowest BCUT2D eigenvalue weighted by Crippen LogP contribution is -2.30. The molecule has 2 aromatic carbocycles. The molecule has 1 aliphatic carbocycles. The maximum absolute atomic E-state index is 12.5. The molecule has 0 unspecified atom stereocenters. The van der Waals surface area contributed by atoms with Crippen LogP contribution in [0.25, 0.3) is 44.6 Å². The minimum atomic E-state index is 0.277. The third-order valence-electron chi connectivity index (χ3n) is 7.30. The second kappa shape index (κ2) is 8.05. The fraction of sp³-hybridized carbons (Fsp3) is 0.286. The number of likely N-dealkylation sites (tertiary alicyclic amines) is 1. The molecule has 0 radical (unpaired) electrons. The number of imidazole rings is 1. The lowest BCUT2D eigenvalue weighted by molar-refractivity contribution is -0.131. The van der Waals surface area contributed by atoms with Crippen LogP contribution in [0.5, 0.6) is 0 Å². The van der Waals surface area contributed by atoms with Crippen molar-refractivity contribution in [1.29, 1.82) is 0 Å². The zero-order chi connectivity index (χ0) is 23.4. The van der Waals surface area contributed by atoms with Crippen LogP contribution in [0.1, 0.15) is 19.3 Å². The molecule has 35 heavy (non-hydrogen) atoms. The van der Waals surface area contributed by atoms with Crippen LogP contribution in [0.4, 0.5) is 0 Å². The van der Waals surface area contributed by atoms with Crippen LogP contribution in [0.2, 0.25) is 0 Å². The Bertz CT molecular complexity index is 1550. The Labute approximate surface area is 202 Å². The van der Waals surface area contributed by atoms with Gasteiger partial charge in [-0.2, -0.15) is 0 Å². The van der Waals surface area contributed by atoms with E-state index < -0.39 is 0 Å². The molecule has 0 N–H and O–H groups in total. The number of hydrogen-bond acceptors (Lipinski definition) is 5. The lowest BCUT2D eigenvalue weighted by Gasteiger charge is -2.17. The zero-order valence-corrected chi connectivity index (χ0v) is 19.3. The normalized spacial score (nSPS) is 18.1. The van der Waals surface area contributed by atoms with Gasteiger partial charge in [0.1, 0.15) is 23.3 Å². The number of furan rings is 1. The highest BCUT2D eigenvalue weighted by atomic mass is 16.3. The van der Waals surface area contributed by atoms with Gasteiger partial charge in [-0.15, -0.1) is 0 Å². The number of aromatic nitrogens is 4. The Morgan fingerprint density at radius 2 is 1.83 bits per heavy atom. The summed E-state index contributed by atoms with van der Waals surface area (Å²) in [4.78, 5) is 28.2. The third kappa shape index (κ3) is 3.67. The molecule has 2 aliphatic rings. The minimum Gasteiger partial charge on any atom is -0.464 e. The molecule has 4 heterocycles. The number of carbonyl (C=O) groups excluding carboxylic acids is 1. The molecule has 5 aromatic rings. The van der Waals surface area contributed by atoms with Crippen LogP contribution in [0, 0.1) is 11.8 Å². The van der Waals surface area contributed by atoms with Crippen molar-refractivity contribution in [2.45, 2.75) is 25.8 Å². The van der Waals surface area contributed by atoms with Gasteiger partial charge in [0.15, 0.2) is 5.65 Å². The van der Waals surface area contributed by atoms with Gasteiger partial charge >= 0.3 is 0 Å². The molecule has 7 nitrogen and oxygen atoms in total. The van der Waals surface area contributed by atoms with E-state index in [-0.39, 0.29) is 5.92 Å². The Kier molecular flexibility index (Phi) is 4.68. The van der Waals surface area contributed by atoms with E-state index in [0.717, 1.165) is 83.5 Å². The summed E-state index contributed by atoms with van der Waals surface area (Å²) in [6.45, 7) is 2.46. The van der Waals surface area contributed by atoms with Gasteiger partial charge in [0.2, 0.25) is 5.91 Å². The fourth-order valence-electron chi connectivity index (χ4n) is 5.26. The number of fused-ring (bicyclic) bond motifs is 2. The maximum Gasteiger partial charge on any atom is 0.225 e. The van der Waals surface area contributed by atoms with E-state index in [1.807, 2.05) is 12.1 Å². The van der Waals surface area contributed by atoms with Crippen molar-refractivity contribution >= 4 is 28.0 Å². The molecular formula is C28H25N5O2. The molecule has 1 atom stereocenters. The topological polar surface area (TPSA) is 77.0 Å². The monoisotopic (exact) mass is 463 g/mol. The molecule has 7 rings (SSSR count). The summed E-state index contributed by atoms with van der Waals surface area (Å²) in [6.07, 6.45) is 8.19. The van der Waals surface area contributed by atoms with Crippen LogP contribution in [0.3, 0.4) is 0 Å². The van der Waals surface area contributed by atoms with Crippen LogP contribution in [-0.4, -0.2) is 43.4 Å². The van der Waals surface area contributed by atoms with Crippen LogP contribution >= 0.6 is 0 Å². The van der Waals surface area contributed by atoms with Crippen molar-refractivity contribution in [3.63, 3.8) is 0 Å². The van der Waals surface area contributed by atoms with E-state index in [4.69, 9.17) is 9.40 Å². The second-order valence-electron chi connectivity index (χ2n) is 9.74. The van der Waals surface area contributed by atoms with Crippen molar-refractivity contribution in [2.75, 3.05) is 13.1 Å². The molecule has 0 bridgehead atoms. The summed E-state index contributed by atoms with van der Waals surface area (Å²) in [5.74, 6) is 1.91. The smallest absolute Gasteiger partial charge is 0.225 e. The molecule has 1 saturated carbocycles. The van der Waals surface area contributed by atoms with Gasteiger partial charge in [-0.1, -0.05) is 30.3 Å². The Morgan fingerprint density at radius 1 is 1.00 bits per heavy atom. The SMILES string of the molecule is O=C(C1CC1)N1CC[C@@H](Cn2c(-c3ccc(-c4ccc5occc5c4)cc3)nc3cncnc32)C1. The number of hydrogen-bond donors (Lipinski definition) is 0. The number of rotatable bonds is 5. The molecule has 1 aliphatic heterocycles. The molecule has 2 fully saturated rings. The summed E-state index contributed by atoms with van der Waals surface area (Å²) in [5.41, 5.74) is 5.86. The summed E-state index contributed by atoms with van der Waals surface area (Å²) in [5, 5.41) is 1.10. The van der Waals surface area contributed by atoms with E-state index in [2.05, 4.69) is 55.8 Å². The van der Waals surface area contributed by atoms with Crippen LogP contribution in [0.15, 0.2) is 71.7 Å². The summed E-state index contributed by atoms with van der Waals surface area (Å²) in [6, 6.07) is 16.7. The molecule has 1 saturated heterocycles. The molecule has 174 valence electrons. The van der Waals surface area contributed by atoms with Crippen LogP contribution in [-0.2, 0) is 11.3 Å². The second-order valence-corrected chi connectivity index (χ2v) is 9.74. The first-order valence-corrected chi connectivity index (χ1v) is 12.3. The van der Waals surface area contributed by atoms with Gasteiger partial charge in [-0.3, -0.25) is 4.79 Å². The van der Waals surface area contributed by atoms with Gasteiger partial charge < -0.3 is 13.9 Å². The van der Waals surface area contributed by atoms with Crippen molar-refractivity contribution in [3.8, 4) is 22.5 Å². The first-order chi connectivity index (χ1) is 17.2. The quantitative estimate of drug-likeness (QED) is 0.360. The largest absolute Gasteiger partial charge is 0.464 e. The van der Waals surface area contributed by atoms with Crippen LogP contribution < -0.4 is 0 Å². The Hall–Kier alpha value is -4.00. The standard InChI is InChI=1S/C28H25N5O2/c34-28(21-5-6-21)32-11-9-18(15-32)16-33-26(31-24-14-29-17-30-27(24)33)20-3-1-19(2-4-20)22-7-8-25-23(13-22)10-12-35-25/h1-4,7-8,10,12-14,17-18,21H,5-6,9,11,15-16H2/t18-/m1/s1. The number of nitrogens with zero attached hydrogens (tertiary/aromatic N) is 5. The highest BCUT2D eigenvalue weighted by molar-refractivity contribution is 5.84. The van der Waals surface area contributed by atoms with E-state index >= 15 is 0 Å². The van der Waals surface area contributed by atoms with Crippen molar-refractivity contribution in [2.24, 2.45) is 11.8 Å². The first-order valence-electron chi connectivity index (χ1n) is 12.3. The van der Waals surface area contributed by atoms with Crippen molar-refractivity contribution < 1.29 is 9.21 Å². The van der Waals surface area contributed by atoms with Crippen molar-refractivity contribution in [3.05, 3.63) is 67.3 Å². The average molecular weight is 464 g/mol. The van der Waals surface area contributed by atoms with Gasteiger partial charge in [0, 0.05) is 36.5 Å². The Balaban J connectivity index is 1.19. The highest BCUT2D eigenvalue weighted by Crippen LogP contribution is 2.34. The third-order valence-corrected chi connectivity index (χ3v) is 7.30. The fourth-order valence-corrected chi connectivity index (χ4v) is 5.26. The average Bonchev–Trinajstić information content (AvgIpc) is 3.30. The molecular weight excluding hydrogens is 438 g/mol. The predicted molar refractivity (Wildman–Crippen MR) is 133 cm³/mol. The summed E-state index contributed by atoms with van der Waals surface area (Å²) in [7, 11) is 0. The number of amides is 1. The zero-order valence-electron chi connectivity index (χ0n) is 19.3. The number of carbonyl (C=O) groups is 1. The Morgan fingerprint density at radius 3 is 2.69 bits per heavy atom. The van der Waals surface area contributed by atoms with Gasteiger partial charge in [-0.25, -0.2) is 15.0 Å². The molecule has 7 heteroatoms. The summed E-state index contributed by atoms with van der Waals surface area (Å²) >= 11 is 0.